The number of carbonyl (C=O) groups is 1. The van der Waals surface area contributed by atoms with Crippen molar-refractivity contribution in [3.05, 3.63) is 29.3 Å². The lowest BCUT2D eigenvalue weighted by atomic mass is 9.79. The molecule has 2 atom stereocenters. The summed E-state index contributed by atoms with van der Waals surface area (Å²) in [6.07, 6.45) is 8.13. The fourth-order valence-electron chi connectivity index (χ4n) is 4.85. The summed E-state index contributed by atoms with van der Waals surface area (Å²) in [6, 6.07) is 6.48. The SMILES string of the molecule is Cc1ccc(CNC(=O)NC23CCCCC2OCC3)c(N2CCCC2)c1. The molecule has 5 heteroatoms. The van der Waals surface area contributed by atoms with Gasteiger partial charge in [0.15, 0.2) is 0 Å². The highest BCUT2D eigenvalue weighted by Gasteiger charge is 2.46. The van der Waals surface area contributed by atoms with E-state index in [1.165, 1.54) is 42.5 Å². The molecule has 0 spiro atoms. The highest BCUT2D eigenvalue weighted by molar-refractivity contribution is 5.75. The zero-order chi connectivity index (χ0) is 18.0. The van der Waals surface area contributed by atoms with Crippen LogP contribution in [-0.2, 0) is 11.3 Å². The van der Waals surface area contributed by atoms with Gasteiger partial charge in [-0.1, -0.05) is 25.0 Å². The van der Waals surface area contributed by atoms with Crippen LogP contribution in [0.2, 0.25) is 0 Å². The number of carbonyl (C=O) groups excluding carboxylic acids is 1. The molecule has 1 aromatic rings. The van der Waals surface area contributed by atoms with Crippen molar-refractivity contribution in [1.82, 2.24) is 10.6 Å². The van der Waals surface area contributed by atoms with Gasteiger partial charge >= 0.3 is 6.03 Å². The average molecular weight is 357 g/mol. The predicted molar refractivity (Wildman–Crippen MR) is 104 cm³/mol. The van der Waals surface area contributed by atoms with E-state index in [9.17, 15) is 4.79 Å². The van der Waals surface area contributed by atoms with Crippen LogP contribution in [0.5, 0.6) is 0 Å². The van der Waals surface area contributed by atoms with E-state index in [0.717, 1.165) is 39.0 Å². The van der Waals surface area contributed by atoms with Crippen LogP contribution in [0.4, 0.5) is 10.5 Å². The molecule has 1 aromatic carbocycles. The van der Waals surface area contributed by atoms with Gasteiger partial charge < -0.3 is 20.3 Å². The zero-order valence-corrected chi connectivity index (χ0v) is 15.9. The van der Waals surface area contributed by atoms with Gasteiger partial charge in [-0.05, 0) is 56.2 Å². The minimum absolute atomic E-state index is 0.0599. The highest BCUT2D eigenvalue weighted by atomic mass is 16.5. The van der Waals surface area contributed by atoms with Crippen LogP contribution in [0.25, 0.3) is 0 Å². The van der Waals surface area contributed by atoms with Gasteiger partial charge in [0.25, 0.3) is 0 Å². The molecule has 4 rings (SSSR count). The van der Waals surface area contributed by atoms with Crippen molar-refractivity contribution in [3.63, 3.8) is 0 Å². The molecule has 0 aromatic heterocycles. The lowest BCUT2D eigenvalue weighted by Gasteiger charge is -2.38. The van der Waals surface area contributed by atoms with E-state index in [1.807, 2.05) is 0 Å². The molecular weight excluding hydrogens is 326 g/mol. The number of anilines is 1. The first kappa shape index (κ1) is 17.7. The van der Waals surface area contributed by atoms with Gasteiger partial charge in [-0.2, -0.15) is 0 Å². The Hall–Kier alpha value is -1.75. The number of amides is 2. The summed E-state index contributed by atoms with van der Waals surface area (Å²) < 4.78 is 5.87. The second kappa shape index (κ2) is 7.47. The second-order valence-electron chi connectivity index (χ2n) is 8.15. The summed E-state index contributed by atoms with van der Waals surface area (Å²) in [5, 5.41) is 6.38. The van der Waals surface area contributed by atoms with Crippen molar-refractivity contribution < 1.29 is 9.53 Å². The minimum atomic E-state index is -0.145. The van der Waals surface area contributed by atoms with E-state index in [0.29, 0.717) is 6.54 Å². The Morgan fingerprint density at radius 2 is 2.08 bits per heavy atom. The summed E-state index contributed by atoms with van der Waals surface area (Å²) in [7, 11) is 0. The molecule has 3 fully saturated rings. The Bertz CT molecular complexity index is 657. The molecule has 1 saturated carbocycles. The average Bonchev–Trinajstić information content (AvgIpc) is 3.30. The topological polar surface area (TPSA) is 53.6 Å². The lowest BCUT2D eigenvalue weighted by molar-refractivity contribution is 0.0435. The van der Waals surface area contributed by atoms with Crippen LogP contribution in [0.3, 0.4) is 0 Å². The van der Waals surface area contributed by atoms with E-state index in [-0.39, 0.29) is 17.7 Å². The van der Waals surface area contributed by atoms with Crippen LogP contribution in [-0.4, -0.2) is 37.4 Å². The third-order valence-electron chi connectivity index (χ3n) is 6.31. The number of hydrogen-bond acceptors (Lipinski definition) is 3. The maximum atomic E-state index is 12.6. The first-order chi connectivity index (χ1) is 12.7. The van der Waals surface area contributed by atoms with Crippen molar-refractivity contribution in [3.8, 4) is 0 Å². The number of ether oxygens (including phenoxy) is 1. The summed E-state index contributed by atoms with van der Waals surface area (Å²) in [5.41, 5.74) is 3.61. The molecule has 3 aliphatic rings. The van der Waals surface area contributed by atoms with Gasteiger partial charge in [-0.25, -0.2) is 4.79 Å². The second-order valence-corrected chi connectivity index (χ2v) is 8.15. The summed E-state index contributed by atoms with van der Waals surface area (Å²) in [5.74, 6) is 0. The van der Waals surface area contributed by atoms with Crippen LogP contribution < -0.4 is 15.5 Å². The first-order valence-electron chi connectivity index (χ1n) is 10.2. The van der Waals surface area contributed by atoms with E-state index in [1.54, 1.807) is 0 Å². The molecule has 2 heterocycles. The van der Waals surface area contributed by atoms with Crippen molar-refractivity contribution in [2.75, 3.05) is 24.6 Å². The Kier molecular flexibility index (Phi) is 5.07. The van der Waals surface area contributed by atoms with Gasteiger partial charge in [0.2, 0.25) is 0 Å². The van der Waals surface area contributed by atoms with Crippen molar-refractivity contribution in [2.24, 2.45) is 0 Å². The lowest BCUT2D eigenvalue weighted by Crippen LogP contribution is -2.57. The molecule has 0 bridgehead atoms. The molecule has 26 heavy (non-hydrogen) atoms. The Morgan fingerprint density at radius 3 is 2.92 bits per heavy atom. The third kappa shape index (κ3) is 3.54. The number of aryl methyl sites for hydroxylation is 1. The number of nitrogens with one attached hydrogen (secondary N) is 2. The number of urea groups is 1. The number of hydrogen-bond donors (Lipinski definition) is 2. The molecule has 2 saturated heterocycles. The molecular formula is C21H31N3O2. The normalized spacial score (nSPS) is 28.0. The van der Waals surface area contributed by atoms with Crippen LogP contribution in [0, 0.1) is 6.92 Å². The van der Waals surface area contributed by atoms with Crippen molar-refractivity contribution in [2.45, 2.75) is 70.1 Å². The molecule has 2 unspecified atom stereocenters. The van der Waals surface area contributed by atoms with Crippen molar-refractivity contribution in [1.29, 1.82) is 0 Å². The number of rotatable bonds is 4. The fraction of sp³-hybridized carbons (Fsp3) is 0.667. The van der Waals surface area contributed by atoms with Crippen LogP contribution in [0.1, 0.15) is 56.1 Å². The van der Waals surface area contributed by atoms with Crippen molar-refractivity contribution >= 4 is 11.7 Å². The number of nitrogens with zero attached hydrogens (tertiary/aromatic N) is 1. The van der Waals surface area contributed by atoms with Gasteiger partial charge in [-0.3, -0.25) is 0 Å². The zero-order valence-electron chi connectivity index (χ0n) is 15.9. The summed E-state index contributed by atoms with van der Waals surface area (Å²) in [6.45, 7) is 5.70. The first-order valence-corrected chi connectivity index (χ1v) is 10.2. The molecule has 2 amide bonds. The number of benzene rings is 1. The maximum Gasteiger partial charge on any atom is 0.315 e. The standard InChI is InChI=1S/C21H31N3O2/c1-16-7-8-17(18(14-16)24-11-4-5-12-24)15-22-20(25)23-21-9-3-2-6-19(21)26-13-10-21/h7-8,14,19H,2-6,9-13,15H2,1H3,(H2,22,23,25). The van der Waals surface area contributed by atoms with E-state index < -0.39 is 0 Å². The molecule has 1 aliphatic carbocycles. The Morgan fingerprint density at radius 1 is 1.23 bits per heavy atom. The number of fused-ring (bicyclic) bond motifs is 1. The van der Waals surface area contributed by atoms with Gasteiger partial charge in [0, 0.05) is 31.9 Å². The highest BCUT2D eigenvalue weighted by Crippen LogP contribution is 2.38. The van der Waals surface area contributed by atoms with Crippen LogP contribution in [0.15, 0.2) is 18.2 Å². The van der Waals surface area contributed by atoms with Gasteiger partial charge in [0.1, 0.15) is 0 Å². The Balaban J connectivity index is 1.40. The fourth-order valence-corrected chi connectivity index (χ4v) is 4.85. The molecule has 2 aliphatic heterocycles. The molecule has 0 radical (unpaired) electrons. The quantitative estimate of drug-likeness (QED) is 0.867. The smallest absolute Gasteiger partial charge is 0.315 e. The predicted octanol–water partition coefficient (Wildman–Crippen LogP) is 3.50. The maximum absolute atomic E-state index is 12.6. The largest absolute Gasteiger partial charge is 0.376 e. The monoisotopic (exact) mass is 357 g/mol. The van der Waals surface area contributed by atoms with E-state index in [2.05, 4.69) is 40.7 Å². The molecule has 5 nitrogen and oxygen atoms in total. The summed E-state index contributed by atoms with van der Waals surface area (Å²) in [4.78, 5) is 15.1. The van der Waals surface area contributed by atoms with Gasteiger partial charge in [-0.15, -0.1) is 0 Å². The molecule has 2 N–H and O–H groups in total. The van der Waals surface area contributed by atoms with Gasteiger partial charge in [0.05, 0.1) is 11.6 Å². The molecule has 142 valence electrons. The van der Waals surface area contributed by atoms with E-state index >= 15 is 0 Å². The minimum Gasteiger partial charge on any atom is -0.376 e. The summed E-state index contributed by atoms with van der Waals surface area (Å²) >= 11 is 0. The Labute approximate surface area is 156 Å². The third-order valence-corrected chi connectivity index (χ3v) is 6.31. The van der Waals surface area contributed by atoms with Crippen LogP contribution >= 0.6 is 0 Å². The van der Waals surface area contributed by atoms with E-state index in [4.69, 9.17) is 4.74 Å².